The normalized spacial score (nSPS) is 11.1. The molecule has 0 aromatic heterocycles. The topological polar surface area (TPSA) is 32.8 Å². The van der Waals surface area contributed by atoms with Gasteiger partial charge in [-0.3, -0.25) is 4.79 Å². The SMILES string of the molecule is COc1ccc(-c2cccc3cc(C(=O)N(C)CCN(C)C)ccc23)c(F)c1. The summed E-state index contributed by atoms with van der Waals surface area (Å²) in [6.45, 7) is 1.46. The maximum absolute atomic E-state index is 14.6. The van der Waals surface area contributed by atoms with E-state index in [1.54, 1.807) is 24.1 Å². The molecule has 0 heterocycles. The molecule has 1 amide bonds. The van der Waals surface area contributed by atoms with Gasteiger partial charge in [-0.25, -0.2) is 4.39 Å². The van der Waals surface area contributed by atoms with Crippen molar-refractivity contribution in [2.75, 3.05) is 41.3 Å². The maximum atomic E-state index is 14.6. The zero-order chi connectivity index (χ0) is 20.3. The van der Waals surface area contributed by atoms with Crippen LogP contribution in [0.15, 0.2) is 54.6 Å². The zero-order valence-electron chi connectivity index (χ0n) is 16.7. The quantitative estimate of drug-likeness (QED) is 0.640. The first-order valence-corrected chi connectivity index (χ1v) is 9.17. The maximum Gasteiger partial charge on any atom is 0.253 e. The van der Waals surface area contributed by atoms with Crippen LogP contribution in [0.5, 0.6) is 5.75 Å². The minimum atomic E-state index is -0.338. The molecule has 0 spiro atoms. The van der Waals surface area contributed by atoms with Crippen molar-refractivity contribution in [3.63, 3.8) is 0 Å². The van der Waals surface area contributed by atoms with Crippen LogP contribution in [-0.2, 0) is 0 Å². The molecule has 0 aliphatic heterocycles. The Hall–Kier alpha value is -2.92. The lowest BCUT2D eigenvalue weighted by atomic mass is 9.96. The van der Waals surface area contributed by atoms with E-state index < -0.39 is 0 Å². The Morgan fingerprint density at radius 2 is 1.75 bits per heavy atom. The molecule has 3 aromatic carbocycles. The highest BCUT2D eigenvalue weighted by atomic mass is 19.1. The second kappa shape index (κ2) is 8.40. The van der Waals surface area contributed by atoms with E-state index in [0.29, 0.717) is 23.4 Å². The van der Waals surface area contributed by atoms with Crippen LogP contribution in [0.2, 0.25) is 0 Å². The van der Waals surface area contributed by atoms with Gasteiger partial charge in [0.15, 0.2) is 0 Å². The molecule has 0 bridgehead atoms. The summed E-state index contributed by atoms with van der Waals surface area (Å²) in [7, 11) is 7.28. The van der Waals surface area contributed by atoms with Gasteiger partial charge >= 0.3 is 0 Å². The highest BCUT2D eigenvalue weighted by Crippen LogP contribution is 2.32. The minimum Gasteiger partial charge on any atom is -0.497 e. The van der Waals surface area contributed by atoms with Crippen molar-refractivity contribution in [1.82, 2.24) is 9.80 Å². The molecule has 146 valence electrons. The number of likely N-dealkylation sites (N-methyl/N-ethyl adjacent to an activating group) is 2. The number of hydrogen-bond acceptors (Lipinski definition) is 3. The Bertz CT molecular complexity index is 1000. The molecule has 0 fully saturated rings. The fourth-order valence-corrected chi connectivity index (χ4v) is 3.16. The van der Waals surface area contributed by atoms with Gasteiger partial charge in [-0.05, 0) is 54.7 Å². The summed E-state index contributed by atoms with van der Waals surface area (Å²) in [5, 5.41) is 1.80. The Kier molecular flexibility index (Phi) is 5.95. The molecular weight excluding hydrogens is 355 g/mol. The molecule has 28 heavy (non-hydrogen) atoms. The summed E-state index contributed by atoms with van der Waals surface area (Å²) in [6.07, 6.45) is 0. The lowest BCUT2D eigenvalue weighted by Gasteiger charge is -2.20. The minimum absolute atomic E-state index is 0.0234. The summed E-state index contributed by atoms with van der Waals surface area (Å²) in [6, 6.07) is 16.1. The predicted octanol–water partition coefficient (Wildman–Crippen LogP) is 4.29. The van der Waals surface area contributed by atoms with Crippen molar-refractivity contribution >= 4 is 16.7 Å². The first-order chi connectivity index (χ1) is 13.4. The lowest BCUT2D eigenvalue weighted by Crippen LogP contribution is -2.33. The van der Waals surface area contributed by atoms with Crippen LogP contribution in [0.4, 0.5) is 4.39 Å². The van der Waals surface area contributed by atoms with Crippen molar-refractivity contribution in [3.05, 3.63) is 66.0 Å². The molecular formula is C23H25FN2O2. The van der Waals surface area contributed by atoms with E-state index in [0.717, 1.165) is 22.9 Å². The number of methoxy groups -OCH3 is 1. The first kappa shape index (κ1) is 19.8. The number of amides is 1. The van der Waals surface area contributed by atoms with E-state index in [4.69, 9.17) is 4.74 Å². The largest absolute Gasteiger partial charge is 0.497 e. The zero-order valence-corrected chi connectivity index (χ0v) is 16.7. The van der Waals surface area contributed by atoms with Crippen molar-refractivity contribution in [3.8, 4) is 16.9 Å². The molecule has 0 saturated carbocycles. The van der Waals surface area contributed by atoms with Gasteiger partial charge in [0.25, 0.3) is 5.91 Å². The van der Waals surface area contributed by atoms with Crippen molar-refractivity contribution < 1.29 is 13.9 Å². The predicted molar refractivity (Wildman–Crippen MR) is 111 cm³/mol. The Morgan fingerprint density at radius 3 is 2.43 bits per heavy atom. The summed E-state index contributed by atoms with van der Waals surface area (Å²) < 4.78 is 19.7. The Morgan fingerprint density at radius 1 is 0.964 bits per heavy atom. The van der Waals surface area contributed by atoms with Gasteiger partial charge in [0.05, 0.1) is 7.11 Å². The molecule has 0 aliphatic carbocycles. The van der Waals surface area contributed by atoms with Crippen molar-refractivity contribution in [1.29, 1.82) is 0 Å². The fraction of sp³-hybridized carbons (Fsp3) is 0.261. The van der Waals surface area contributed by atoms with Crippen LogP contribution in [-0.4, -0.2) is 57.0 Å². The molecule has 0 saturated heterocycles. The van der Waals surface area contributed by atoms with Gasteiger partial charge in [0, 0.05) is 37.3 Å². The number of hydrogen-bond donors (Lipinski definition) is 0. The van der Waals surface area contributed by atoms with Gasteiger partial charge < -0.3 is 14.5 Å². The van der Waals surface area contributed by atoms with Gasteiger partial charge in [-0.2, -0.15) is 0 Å². The van der Waals surface area contributed by atoms with Gasteiger partial charge in [-0.1, -0.05) is 24.3 Å². The molecule has 0 N–H and O–H groups in total. The third-order valence-corrected chi connectivity index (χ3v) is 4.82. The molecule has 5 heteroatoms. The first-order valence-electron chi connectivity index (χ1n) is 9.17. The smallest absolute Gasteiger partial charge is 0.253 e. The van der Waals surface area contributed by atoms with Crippen LogP contribution in [0.25, 0.3) is 21.9 Å². The molecule has 4 nitrogen and oxygen atoms in total. The molecule has 0 unspecified atom stereocenters. The number of carbonyl (C=O) groups excluding carboxylic acids is 1. The molecule has 0 aliphatic rings. The van der Waals surface area contributed by atoms with E-state index in [1.807, 2.05) is 55.4 Å². The third-order valence-electron chi connectivity index (χ3n) is 4.82. The number of fused-ring (bicyclic) bond motifs is 1. The standard InChI is InChI=1S/C23H25FN2O2/c1-25(2)12-13-26(3)23(27)17-8-10-19-16(14-17)6-5-7-20(19)21-11-9-18(28-4)15-22(21)24/h5-11,14-15H,12-13H2,1-4H3. The molecule has 3 aromatic rings. The summed E-state index contributed by atoms with van der Waals surface area (Å²) in [4.78, 5) is 16.5. The molecule has 0 radical (unpaired) electrons. The number of halogens is 1. The van der Waals surface area contributed by atoms with E-state index in [1.165, 1.54) is 13.2 Å². The molecule has 3 rings (SSSR count). The van der Waals surface area contributed by atoms with Gasteiger partial charge in [-0.15, -0.1) is 0 Å². The second-order valence-electron chi connectivity index (χ2n) is 7.12. The van der Waals surface area contributed by atoms with Crippen LogP contribution in [0, 0.1) is 5.82 Å². The fourth-order valence-electron chi connectivity index (χ4n) is 3.16. The summed E-state index contributed by atoms with van der Waals surface area (Å²) >= 11 is 0. The summed E-state index contributed by atoms with van der Waals surface area (Å²) in [5.41, 5.74) is 1.92. The second-order valence-corrected chi connectivity index (χ2v) is 7.12. The third kappa shape index (κ3) is 4.15. The van der Waals surface area contributed by atoms with Crippen LogP contribution >= 0.6 is 0 Å². The van der Waals surface area contributed by atoms with E-state index >= 15 is 0 Å². The number of ether oxygens (including phenoxy) is 1. The Labute approximate surface area is 165 Å². The lowest BCUT2D eigenvalue weighted by molar-refractivity contribution is 0.0786. The van der Waals surface area contributed by atoms with Crippen LogP contribution in [0.3, 0.4) is 0 Å². The average molecular weight is 380 g/mol. The highest BCUT2D eigenvalue weighted by Gasteiger charge is 2.14. The number of rotatable bonds is 6. The van der Waals surface area contributed by atoms with Gasteiger partial charge in [0.1, 0.15) is 11.6 Å². The van der Waals surface area contributed by atoms with Crippen molar-refractivity contribution in [2.24, 2.45) is 0 Å². The Balaban J connectivity index is 1.96. The molecule has 0 atom stereocenters. The monoisotopic (exact) mass is 380 g/mol. The van der Waals surface area contributed by atoms with Crippen LogP contribution in [0.1, 0.15) is 10.4 Å². The average Bonchev–Trinajstić information content (AvgIpc) is 2.70. The van der Waals surface area contributed by atoms with Gasteiger partial charge in [0.2, 0.25) is 0 Å². The van der Waals surface area contributed by atoms with Crippen molar-refractivity contribution in [2.45, 2.75) is 0 Å². The number of benzene rings is 3. The van der Waals surface area contributed by atoms with E-state index in [9.17, 15) is 9.18 Å². The number of nitrogens with zero attached hydrogens (tertiary/aromatic N) is 2. The summed E-state index contributed by atoms with van der Waals surface area (Å²) in [5.74, 6) is 0.121. The van der Waals surface area contributed by atoms with E-state index in [2.05, 4.69) is 0 Å². The number of carbonyl (C=O) groups is 1. The highest BCUT2D eigenvalue weighted by molar-refractivity contribution is 6.02. The van der Waals surface area contributed by atoms with Crippen LogP contribution < -0.4 is 4.74 Å². The van der Waals surface area contributed by atoms with E-state index in [-0.39, 0.29) is 11.7 Å².